The van der Waals surface area contributed by atoms with Crippen molar-refractivity contribution in [3.8, 4) is 17.6 Å². The Morgan fingerprint density at radius 1 is 1.13 bits per heavy atom. The zero-order valence-electron chi connectivity index (χ0n) is 13.2. The number of urea groups is 1. The number of carbonyl (C=O) groups excluding carboxylic acids is 1. The van der Waals surface area contributed by atoms with E-state index in [1.807, 2.05) is 19.9 Å². The standard InChI is InChI=1S/C18H19N3O2/c1-3-21(4-2)18(22)20-15-9-11-16(12-10-15)23-17-8-6-5-7-14(17)13-19/h5-12H,3-4H2,1-2H3,(H,20,22). The van der Waals surface area contributed by atoms with Crippen molar-refractivity contribution in [2.75, 3.05) is 18.4 Å². The molecule has 5 heteroatoms. The molecular weight excluding hydrogens is 290 g/mol. The minimum absolute atomic E-state index is 0.126. The highest BCUT2D eigenvalue weighted by Crippen LogP contribution is 2.25. The molecule has 23 heavy (non-hydrogen) atoms. The number of hydrogen-bond donors (Lipinski definition) is 1. The van der Waals surface area contributed by atoms with Crippen LogP contribution < -0.4 is 10.1 Å². The molecule has 0 saturated heterocycles. The van der Waals surface area contributed by atoms with Crippen molar-refractivity contribution < 1.29 is 9.53 Å². The fraction of sp³-hybridized carbons (Fsp3) is 0.222. The summed E-state index contributed by atoms with van der Waals surface area (Å²) >= 11 is 0. The molecular formula is C18H19N3O2. The minimum Gasteiger partial charge on any atom is -0.456 e. The van der Waals surface area contributed by atoms with Crippen LogP contribution in [0.3, 0.4) is 0 Å². The molecule has 1 N–H and O–H groups in total. The highest BCUT2D eigenvalue weighted by Gasteiger charge is 2.09. The third-order valence-corrected chi connectivity index (χ3v) is 3.39. The zero-order chi connectivity index (χ0) is 16.7. The first-order valence-electron chi connectivity index (χ1n) is 7.50. The Kier molecular flexibility index (Phi) is 5.59. The maximum absolute atomic E-state index is 12.0. The normalized spacial score (nSPS) is 9.78. The third-order valence-electron chi connectivity index (χ3n) is 3.39. The monoisotopic (exact) mass is 309 g/mol. The number of ether oxygens (including phenoxy) is 1. The summed E-state index contributed by atoms with van der Waals surface area (Å²) in [6.45, 7) is 5.20. The largest absolute Gasteiger partial charge is 0.456 e. The molecule has 0 aliphatic heterocycles. The molecule has 0 unspecified atom stereocenters. The van der Waals surface area contributed by atoms with Gasteiger partial charge in [0, 0.05) is 18.8 Å². The number of para-hydroxylation sites is 1. The first kappa shape index (κ1) is 16.4. The Morgan fingerprint density at radius 2 is 1.78 bits per heavy atom. The van der Waals surface area contributed by atoms with Gasteiger partial charge < -0.3 is 15.0 Å². The maximum Gasteiger partial charge on any atom is 0.321 e. The van der Waals surface area contributed by atoms with Crippen molar-refractivity contribution in [2.24, 2.45) is 0 Å². The van der Waals surface area contributed by atoms with Crippen molar-refractivity contribution >= 4 is 11.7 Å². The molecule has 0 aliphatic carbocycles. The molecule has 0 aromatic heterocycles. The number of nitriles is 1. The van der Waals surface area contributed by atoms with Crippen molar-refractivity contribution in [3.05, 3.63) is 54.1 Å². The van der Waals surface area contributed by atoms with Gasteiger partial charge in [0.25, 0.3) is 0 Å². The van der Waals surface area contributed by atoms with E-state index in [1.165, 1.54) is 0 Å². The molecule has 0 radical (unpaired) electrons. The summed E-state index contributed by atoms with van der Waals surface area (Å²) in [6, 6.07) is 16.1. The Bertz CT molecular complexity index is 701. The summed E-state index contributed by atoms with van der Waals surface area (Å²) in [5.41, 5.74) is 1.18. The molecule has 2 amide bonds. The fourth-order valence-electron chi connectivity index (χ4n) is 2.09. The Labute approximate surface area is 136 Å². The molecule has 0 heterocycles. The van der Waals surface area contributed by atoms with Crippen LogP contribution in [0.5, 0.6) is 11.5 Å². The van der Waals surface area contributed by atoms with E-state index in [9.17, 15) is 4.79 Å². The molecule has 2 rings (SSSR count). The van der Waals surface area contributed by atoms with E-state index < -0.39 is 0 Å². The molecule has 118 valence electrons. The Balaban J connectivity index is 2.05. The second-order valence-electron chi connectivity index (χ2n) is 4.84. The minimum atomic E-state index is -0.126. The van der Waals surface area contributed by atoms with Crippen molar-refractivity contribution in [1.29, 1.82) is 5.26 Å². The molecule has 2 aromatic carbocycles. The van der Waals surface area contributed by atoms with Crippen molar-refractivity contribution in [3.63, 3.8) is 0 Å². The Hall–Kier alpha value is -3.00. The van der Waals surface area contributed by atoms with Crippen LogP contribution >= 0.6 is 0 Å². The number of benzene rings is 2. The quantitative estimate of drug-likeness (QED) is 0.899. The fourth-order valence-corrected chi connectivity index (χ4v) is 2.09. The lowest BCUT2D eigenvalue weighted by Crippen LogP contribution is -2.34. The molecule has 0 spiro atoms. The highest BCUT2D eigenvalue weighted by molar-refractivity contribution is 5.89. The summed E-state index contributed by atoms with van der Waals surface area (Å²) in [5.74, 6) is 1.11. The highest BCUT2D eigenvalue weighted by atomic mass is 16.5. The number of nitrogens with zero attached hydrogens (tertiary/aromatic N) is 2. The van der Waals surface area contributed by atoms with Gasteiger partial charge in [0.05, 0.1) is 5.56 Å². The number of rotatable bonds is 5. The number of nitrogens with one attached hydrogen (secondary N) is 1. The van der Waals surface area contributed by atoms with Crippen LogP contribution in [-0.2, 0) is 0 Å². The van der Waals surface area contributed by atoms with E-state index >= 15 is 0 Å². The summed E-state index contributed by atoms with van der Waals surface area (Å²) in [7, 11) is 0. The van der Waals surface area contributed by atoms with E-state index in [0.717, 1.165) is 0 Å². The maximum atomic E-state index is 12.0. The number of hydrogen-bond acceptors (Lipinski definition) is 3. The smallest absolute Gasteiger partial charge is 0.321 e. The lowest BCUT2D eigenvalue weighted by atomic mass is 10.2. The Morgan fingerprint density at radius 3 is 2.39 bits per heavy atom. The molecule has 0 aliphatic rings. The average Bonchev–Trinajstić information content (AvgIpc) is 2.58. The second-order valence-corrected chi connectivity index (χ2v) is 4.84. The molecule has 2 aromatic rings. The van der Waals surface area contributed by atoms with Crippen LogP contribution in [0.1, 0.15) is 19.4 Å². The third kappa shape index (κ3) is 4.24. The van der Waals surface area contributed by atoms with E-state index in [2.05, 4.69) is 11.4 Å². The van der Waals surface area contributed by atoms with Crippen molar-refractivity contribution in [1.82, 2.24) is 4.90 Å². The van der Waals surface area contributed by atoms with Gasteiger partial charge in [-0.15, -0.1) is 0 Å². The molecule has 0 saturated carbocycles. The van der Waals surface area contributed by atoms with Gasteiger partial charge >= 0.3 is 6.03 Å². The molecule has 5 nitrogen and oxygen atoms in total. The van der Waals surface area contributed by atoms with Crippen LogP contribution in [0, 0.1) is 11.3 Å². The van der Waals surface area contributed by atoms with Crippen LogP contribution in [0.2, 0.25) is 0 Å². The lowest BCUT2D eigenvalue weighted by molar-refractivity contribution is 0.217. The summed E-state index contributed by atoms with van der Waals surface area (Å²) in [6.07, 6.45) is 0. The van der Waals surface area contributed by atoms with Gasteiger partial charge in [-0.2, -0.15) is 5.26 Å². The van der Waals surface area contributed by atoms with E-state index in [0.29, 0.717) is 35.8 Å². The predicted molar refractivity (Wildman–Crippen MR) is 89.6 cm³/mol. The average molecular weight is 309 g/mol. The van der Waals surface area contributed by atoms with Gasteiger partial charge in [0.1, 0.15) is 17.6 Å². The zero-order valence-corrected chi connectivity index (χ0v) is 13.2. The SMILES string of the molecule is CCN(CC)C(=O)Nc1ccc(Oc2ccccc2C#N)cc1. The van der Waals surface area contributed by atoms with Crippen LogP contribution in [0.4, 0.5) is 10.5 Å². The van der Waals surface area contributed by atoms with Crippen molar-refractivity contribution in [2.45, 2.75) is 13.8 Å². The predicted octanol–water partition coefficient (Wildman–Crippen LogP) is 4.22. The number of amides is 2. The van der Waals surface area contributed by atoms with E-state index in [1.54, 1.807) is 47.4 Å². The van der Waals surface area contributed by atoms with Gasteiger partial charge in [-0.3, -0.25) is 0 Å². The summed E-state index contributed by atoms with van der Waals surface area (Å²) < 4.78 is 5.70. The first-order valence-corrected chi connectivity index (χ1v) is 7.50. The lowest BCUT2D eigenvalue weighted by Gasteiger charge is -2.19. The first-order chi connectivity index (χ1) is 11.2. The summed E-state index contributed by atoms with van der Waals surface area (Å²) in [5, 5.41) is 11.9. The summed E-state index contributed by atoms with van der Waals surface area (Å²) in [4.78, 5) is 13.7. The van der Waals surface area contributed by atoms with Gasteiger partial charge in [-0.25, -0.2) is 4.79 Å². The number of anilines is 1. The van der Waals surface area contributed by atoms with E-state index in [-0.39, 0.29) is 6.03 Å². The molecule has 0 bridgehead atoms. The van der Waals surface area contributed by atoms with Crippen LogP contribution in [0.15, 0.2) is 48.5 Å². The van der Waals surface area contributed by atoms with Gasteiger partial charge in [0.15, 0.2) is 0 Å². The van der Waals surface area contributed by atoms with E-state index in [4.69, 9.17) is 10.00 Å². The topological polar surface area (TPSA) is 65.4 Å². The van der Waals surface area contributed by atoms with Gasteiger partial charge in [-0.05, 0) is 50.2 Å². The molecule has 0 fully saturated rings. The van der Waals surface area contributed by atoms with Gasteiger partial charge in [-0.1, -0.05) is 12.1 Å². The molecule has 0 atom stereocenters. The second kappa shape index (κ2) is 7.85. The van der Waals surface area contributed by atoms with Crippen LogP contribution in [-0.4, -0.2) is 24.0 Å². The number of carbonyl (C=O) groups is 1. The van der Waals surface area contributed by atoms with Crippen LogP contribution in [0.25, 0.3) is 0 Å². The van der Waals surface area contributed by atoms with Gasteiger partial charge in [0.2, 0.25) is 0 Å².